The summed E-state index contributed by atoms with van der Waals surface area (Å²) in [4.78, 5) is 44.4. The van der Waals surface area contributed by atoms with Crippen molar-refractivity contribution in [2.75, 3.05) is 24.3 Å². The number of fused-ring (bicyclic) bond motifs is 1. The van der Waals surface area contributed by atoms with Gasteiger partial charge in [0.25, 0.3) is 0 Å². The van der Waals surface area contributed by atoms with Crippen LogP contribution in [0.5, 0.6) is 5.75 Å². The van der Waals surface area contributed by atoms with Gasteiger partial charge in [0, 0.05) is 29.4 Å². The first kappa shape index (κ1) is 59.8. The molecule has 0 aliphatic carbocycles. The van der Waals surface area contributed by atoms with Crippen molar-refractivity contribution in [2.45, 2.75) is 147 Å². The Morgan fingerprint density at radius 1 is 0.880 bits per heavy atom. The van der Waals surface area contributed by atoms with E-state index in [2.05, 4.69) is 15.4 Å². The summed E-state index contributed by atoms with van der Waals surface area (Å²) >= 11 is 3.16. The maximum Gasteiger partial charge on any atom is 0.459 e. The van der Waals surface area contributed by atoms with Crippen LogP contribution >= 0.6 is 31.3 Å². The molecule has 23 heteroatoms. The van der Waals surface area contributed by atoms with Crippen molar-refractivity contribution in [3.8, 4) is 5.75 Å². The van der Waals surface area contributed by atoms with E-state index in [1.807, 2.05) is 20.8 Å². The molecule has 0 spiro atoms. The summed E-state index contributed by atoms with van der Waals surface area (Å²) < 4.78 is 131. The van der Waals surface area contributed by atoms with E-state index in [4.69, 9.17) is 28.0 Å². The largest absolute Gasteiger partial charge is 0.462 e. The van der Waals surface area contributed by atoms with E-state index < -0.39 is 96.0 Å². The van der Waals surface area contributed by atoms with Crippen LogP contribution in [0.2, 0.25) is 0 Å². The van der Waals surface area contributed by atoms with Crippen LogP contribution in [0.1, 0.15) is 110 Å². The standard InChI is InChI=1S/C52H65F6N4O10PS2/c1-33(2)69-45(64)34(3)61-73(66,72-39-12-10-9-11-13-39)68-29-41-44-50(8,32-67-49(6,7)71-44)46(70-41)62-26-23-42(60-47(62)65)59-43(63)28-48(4,5)25-22-40(75-31-36-16-20-38(21-17-36)52(56,57)58)24-27-74-30-35-14-18-37(19-15-35)51(53,54)55/h9-21,23,26,33-34,40-41,44,46H,22,24-25,27-32H2,1-8H3,(H,61,66)(H,59,60,63,65)/t34-,40?,41+,44+,46+,50+,73?/m0/s1. The molecule has 0 saturated carbocycles. The van der Waals surface area contributed by atoms with Gasteiger partial charge in [0.2, 0.25) is 5.91 Å². The smallest absolute Gasteiger partial charge is 0.459 e. The molecule has 2 N–H and O–H groups in total. The number of anilines is 1. The number of carbonyl (C=O) groups excluding carboxylic acids is 2. The predicted molar refractivity (Wildman–Crippen MR) is 275 cm³/mol. The van der Waals surface area contributed by atoms with Crippen LogP contribution in [-0.4, -0.2) is 75.8 Å². The summed E-state index contributed by atoms with van der Waals surface area (Å²) in [6.07, 6.45) is -8.69. The van der Waals surface area contributed by atoms with E-state index in [1.54, 1.807) is 81.6 Å². The molecule has 3 aromatic carbocycles. The lowest BCUT2D eigenvalue weighted by atomic mass is 9.81. The molecule has 0 radical (unpaired) electrons. The lowest BCUT2D eigenvalue weighted by molar-refractivity contribution is -0.314. The summed E-state index contributed by atoms with van der Waals surface area (Å²) in [5.74, 6) is -0.348. The number of para-hydroxylation sites is 1. The van der Waals surface area contributed by atoms with E-state index >= 15 is 0 Å². The maximum absolute atomic E-state index is 14.4. The molecule has 2 saturated heterocycles. The number of hydrogen-bond donors (Lipinski definition) is 2. The molecule has 2 aliphatic heterocycles. The lowest BCUT2D eigenvalue weighted by Gasteiger charge is -2.45. The van der Waals surface area contributed by atoms with Gasteiger partial charge < -0.3 is 28.8 Å². The molecule has 1 amide bonds. The number of thioether (sulfide) groups is 2. The third-order valence-corrected chi connectivity index (χ3v) is 16.6. The molecular weight excluding hydrogens is 1050 g/mol. The van der Waals surface area contributed by atoms with Crippen LogP contribution in [0.25, 0.3) is 0 Å². The molecule has 6 rings (SSSR count). The van der Waals surface area contributed by atoms with Crippen molar-refractivity contribution in [3.05, 3.63) is 124 Å². The van der Waals surface area contributed by atoms with Gasteiger partial charge in [-0.3, -0.25) is 18.7 Å². The second-order valence-corrected chi connectivity index (χ2v) is 24.5. The number of amides is 1. The van der Waals surface area contributed by atoms with E-state index in [0.717, 1.165) is 35.4 Å². The topological polar surface area (TPSA) is 166 Å². The maximum atomic E-state index is 14.4. The number of esters is 1. The minimum absolute atomic E-state index is 0.000794. The normalized spacial score (nSPS) is 21.5. The Bertz CT molecular complexity index is 2650. The van der Waals surface area contributed by atoms with E-state index in [-0.39, 0.29) is 36.5 Å². The van der Waals surface area contributed by atoms with Crippen LogP contribution in [0.4, 0.5) is 32.2 Å². The van der Waals surface area contributed by atoms with Gasteiger partial charge in [-0.05, 0) is 119 Å². The van der Waals surface area contributed by atoms with Crippen molar-refractivity contribution in [1.29, 1.82) is 0 Å². The Morgan fingerprint density at radius 3 is 2.08 bits per heavy atom. The van der Waals surface area contributed by atoms with E-state index in [1.165, 1.54) is 48.0 Å². The highest BCUT2D eigenvalue weighted by atomic mass is 32.2. The molecule has 0 bridgehead atoms. The number of hydrogen-bond acceptors (Lipinski definition) is 13. The first-order chi connectivity index (χ1) is 35.0. The zero-order valence-corrected chi connectivity index (χ0v) is 45.5. The quantitative estimate of drug-likeness (QED) is 0.0295. The number of nitrogens with one attached hydrogen (secondary N) is 2. The Labute approximate surface area is 441 Å². The van der Waals surface area contributed by atoms with Gasteiger partial charge in [-0.2, -0.15) is 59.9 Å². The average molecular weight is 1120 g/mol. The minimum Gasteiger partial charge on any atom is -0.462 e. The average Bonchev–Trinajstić information content (AvgIpc) is 3.59. The van der Waals surface area contributed by atoms with E-state index in [9.17, 15) is 45.3 Å². The fourth-order valence-electron chi connectivity index (χ4n) is 8.44. The number of ether oxygens (including phenoxy) is 4. The summed E-state index contributed by atoms with van der Waals surface area (Å²) in [6.45, 7) is 13.6. The molecule has 3 heterocycles. The second-order valence-electron chi connectivity index (χ2n) is 20.4. The predicted octanol–water partition coefficient (Wildman–Crippen LogP) is 12.2. The zero-order chi connectivity index (χ0) is 55.0. The van der Waals surface area contributed by atoms with Crippen molar-refractivity contribution in [2.24, 2.45) is 10.8 Å². The van der Waals surface area contributed by atoms with Crippen molar-refractivity contribution < 1.29 is 68.5 Å². The molecule has 2 aliphatic rings. The summed E-state index contributed by atoms with van der Waals surface area (Å²) in [6, 6.07) is 18.7. The van der Waals surface area contributed by atoms with Crippen LogP contribution in [0.3, 0.4) is 0 Å². The Kier molecular flexibility index (Phi) is 19.9. The SMILES string of the molecule is CC(C)OC(=O)[C@H](C)NP(=O)(OC[C@H]1O[C@@H](n2ccc(NC(=O)CC(C)(C)CCC(CCSCc3ccc(C(F)(F)F)cc3)SCc3ccc(C(F)(F)F)cc3)nc2=O)[C@]2(C)COC(C)(C)O[C@H]12)Oc1ccccc1. The number of alkyl halides is 6. The van der Waals surface area contributed by atoms with Gasteiger partial charge in [-0.15, -0.1) is 0 Å². The summed E-state index contributed by atoms with van der Waals surface area (Å²) in [7, 11) is -4.33. The van der Waals surface area contributed by atoms with Gasteiger partial charge in [0.05, 0.1) is 35.9 Å². The molecule has 4 aromatic rings. The summed E-state index contributed by atoms with van der Waals surface area (Å²) in [5.41, 5.74) is -2.33. The molecule has 75 heavy (non-hydrogen) atoms. The van der Waals surface area contributed by atoms with Crippen molar-refractivity contribution >= 4 is 49.0 Å². The van der Waals surface area contributed by atoms with Gasteiger partial charge in [-0.25, -0.2) is 9.36 Å². The number of nitrogens with zero attached hydrogens (tertiary/aromatic N) is 2. The van der Waals surface area contributed by atoms with Gasteiger partial charge >= 0.3 is 31.8 Å². The highest BCUT2D eigenvalue weighted by Gasteiger charge is 2.60. The van der Waals surface area contributed by atoms with Crippen molar-refractivity contribution in [3.63, 3.8) is 0 Å². The lowest BCUT2D eigenvalue weighted by Crippen LogP contribution is -2.55. The molecule has 14 nitrogen and oxygen atoms in total. The third-order valence-electron chi connectivity index (χ3n) is 12.5. The minimum atomic E-state index is -4.46. The molecule has 7 atom stereocenters. The van der Waals surface area contributed by atoms with Gasteiger partial charge in [-0.1, -0.05) is 63.2 Å². The number of carbonyl (C=O) groups is 2. The van der Waals surface area contributed by atoms with Crippen molar-refractivity contribution in [1.82, 2.24) is 14.6 Å². The highest BCUT2D eigenvalue weighted by molar-refractivity contribution is 7.99. The number of benzene rings is 3. The van der Waals surface area contributed by atoms with Crippen LogP contribution in [-0.2, 0) is 61.5 Å². The fourth-order valence-corrected chi connectivity index (χ4v) is 12.3. The molecule has 1 aromatic heterocycles. The second kappa shape index (κ2) is 24.9. The molecule has 2 fully saturated rings. The Morgan fingerprint density at radius 2 is 1.49 bits per heavy atom. The monoisotopic (exact) mass is 1110 g/mol. The first-order valence-electron chi connectivity index (χ1n) is 24.4. The van der Waals surface area contributed by atoms with Gasteiger partial charge in [0.1, 0.15) is 36.0 Å². The highest BCUT2D eigenvalue weighted by Crippen LogP contribution is 2.53. The Balaban J connectivity index is 1.09. The first-order valence-corrected chi connectivity index (χ1v) is 28.1. The Hall–Kier alpha value is -4.41. The van der Waals surface area contributed by atoms with E-state index in [0.29, 0.717) is 36.5 Å². The number of aromatic nitrogens is 2. The summed E-state index contributed by atoms with van der Waals surface area (Å²) in [5, 5.41) is 5.44. The number of halogens is 6. The van der Waals surface area contributed by atoms with Crippen LogP contribution in [0.15, 0.2) is 95.9 Å². The number of rotatable bonds is 24. The fraction of sp³-hybridized carbons (Fsp3) is 0.538. The molecule has 412 valence electrons. The molecular formula is C52H65F6N4O10PS2. The zero-order valence-electron chi connectivity index (χ0n) is 43.0. The van der Waals surface area contributed by atoms with Gasteiger partial charge in [0.15, 0.2) is 5.79 Å². The van der Waals surface area contributed by atoms with Crippen LogP contribution in [0, 0.1) is 10.8 Å². The van der Waals surface area contributed by atoms with Crippen LogP contribution < -0.4 is 20.6 Å². The third kappa shape index (κ3) is 17.3. The molecule has 2 unspecified atom stereocenters.